The highest BCUT2D eigenvalue weighted by Crippen LogP contribution is 2.14. The normalized spacial score (nSPS) is 12.2. The van der Waals surface area contributed by atoms with E-state index in [-0.39, 0.29) is 18.5 Å². The highest BCUT2D eigenvalue weighted by atomic mass is 16.2. The summed E-state index contributed by atoms with van der Waals surface area (Å²) in [6, 6.07) is -0.0975. The molecule has 0 aliphatic heterocycles. The van der Waals surface area contributed by atoms with E-state index in [1.165, 1.54) is 0 Å². The predicted molar refractivity (Wildman–Crippen MR) is 52.3 cm³/mol. The minimum Gasteiger partial charge on any atom is -0.336 e. The van der Waals surface area contributed by atoms with Crippen LogP contribution in [0, 0.1) is 0 Å². The highest BCUT2D eigenvalue weighted by molar-refractivity contribution is 5.78. The molecule has 0 aromatic carbocycles. The van der Waals surface area contributed by atoms with Crippen molar-refractivity contribution in [3.05, 3.63) is 24.3 Å². The number of carbonyl (C=O) groups excluding carboxylic acids is 1. The molecule has 5 heteroatoms. The number of likely N-dealkylation sites (N-methyl/N-ethyl adjacent to an activating group) is 1. The summed E-state index contributed by atoms with van der Waals surface area (Å²) in [5.41, 5.74) is 6.02. The molecule has 14 heavy (non-hydrogen) atoms. The molecule has 1 heterocycles. The van der Waals surface area contributed by atoms with Gasteiger partial charge in [-0.25, -0.2) is 0 Å². The van der Waals surface area contributed by atoms with Gasteiger partial charge < -0.3 is 10.6 Å². The van der Waals surface area contributed by atoms with E-state index in [2.05, 4.69) is 9.97 Å². The van der Waals surface area contributed by atoms with Gasteiger partial charge in [0.1, 0.15) is 0 Å². The van der Waals surface area contributed by atoms with Crippen molar-refractivity contribution in [1.29, 1.82) is 0 Å². The Labute approximate surface area is 83.0 Å². The van der Waals surface area contributed by atoms with Crippen LogP contribution in [0.2, 0.25) is 0 Å². The second-order valence-corrected chi connectivity index (χ2v) is 3.02. The Morgan fingerprint density at radius 2 is 2.36 bits per heavy atom. The summed E-state index contributed by atoms with van der Waals surface area (Å²) in [7, 11) is 1.70. The lowest BCUT2D eigenvalue weighted by molar-refractivity contribution is -0.130. The van der Waals surface area contributed by atoms with Gasteiger partial charge in [0.25, 0.3) is 0 Å². The van der Waals surface area contributed by atoms with E-state index in [1.807, 2.05) is 6.92 Å². The number of nitrogens with zero attached hydrogens (tertiary/aromatic N) is 3. The van der Waals surface area contributed by atoms with Crippen LogP contribution < -0.4 is 5.73 Å². The average Bonchev–Trinajstić information content (AvgIpc) is 2.27. The molecule has 0 fully saturated rings. The van der Waals surface area contributed by atoms with Gasteiger partial charge in [-0.3, -0.25) is 14.8 Å². The summed E-state index contributed by atoms with van der Waals surface area (Å²) in [4.78, 5) is 20.9. The Morgan fingerprint density at radius 3 is 2.86 bits per heavy atom. The lowest BCUT2D eigenvalue weighted by Crippen LogP contribution is -2.35. The lowest BCUT2D eigenvalue weighted by Gasteiger charge is -2.23. The van der Waals surface area contributed by atoms with E-state index in [1.54, 1.807) is 30.5 Å². The van der Waals surface area contributed by atoms with Gasteiger partial charge in [0.2, 0.25) is 5.91 Å². The maximum Gasteiger partial charge on any atom is 0.236 e. The summed E-state index contributed by atoms with van der Waals surface area (Å²) in [6.07, 6.45) is 4.85. The Hall–Kier alpha value is -1.49. The van der Waals surface area contributed by atoms with Crippen LogP contribution in [-0.4, -0.2) is 34.4 Å². The molecule has 1 aromatic heterocycles. The number of hydrogen-bond acceptors (Lipinski definition) is 4. The van der Waals surface area contributed by atoms with Crippen LogP contribution in [0.3, 0.4) is 0 Å². The maximum atomic E-state index is 11.3. The van der Waals surface area contributed by atoms with E-state index in [0.29, 0.717) is 0 Å². The third-order valence-electron chi connectivity index (χ3n) is 2.16. The van der Waals surface area contributed by atoms with Crippen LogP contribution in [-0.2, 0) is 4.79 Å². The molecule has 0 unspecified atom stereocenters. The summed E-state index contributed by atoms with van der Waals surface area (Å²) >= 11 is 0. The Kier molecular flexibility index (Phi) is 3.53. The topological polar surface area (TPSA) is 72.1 Å². The number of carbonyl (C=O) groups is 1. The molecule has 2 N–H and O–H groups in total. The molecule has 1 amide bonds. The molecule has 76 valence electrons. The summed E-state index contributed by atoms with van der Waals surface area (Å²) in [5.74, 6) is -0.108. The molecule has 0 aliphatic carbocycles. The van der Waals surface area contributed by atoms with E-state index in [9.17, 15) is 4.79 Å². The fraction of sp³-hybridized carbons (Fsp3) is 0.444. The first-order valence-corrected chi connectivity index (χ1v) is 4.38. The number of amides is 1. The maximum absolute atomic E-state index is 11.3. The second-order valence-electron chi connectivity index (χ2n) is 3.02. The number of nitrogens with two attached hydrogens (primary N) is 1. The first-order valence-electron chi connectivity index (χ1n) is 4.38. The number of aromatic nitrogens is 2. The molecule has 0 radical (unpaired) electrons. The SMILES string of the molecule is C[C@@H](c1cnccn1)N(C)C(=O)CN. The molecule has 1 aromatic rings. The van der Waals surface area contributed by atoms with Crippen molar-refractivity contribution in [2.45, 2.75) is 13.0 Å². The predicted octanol–water partition coefficient (Wildman–Crippen LogP) is -0.0453. The molecular weight excluding hydrogens is 180 g/mol. The van der Waals surface area contributed by atoms with Crippen molar-refractivity contribution in [3.8, 4) is 0 Å². The quantitative estimate of drug-likeness (QED) is 0.732. The first-order chi connectivity index (χ1) is 6.66. The molecule has 5 nitrogen and oxygen atoms in total. The van der Waals surface area contributed by atoms with Crippen LogP contribution in [0.25, 0.3) is 0 Å². The third kappa shape index (κ3) is 2.26. The van der Waals surface area contributed by atoms with E-state index < -0.39 is 0 Å². The fourth-order valence-corrected chi connectivity index (χ4v) is 1.08. The molecule has 1 rings (SSSR count). The summed E-state index contributed by atoms with van der Waals surface area (Å²) in [5, 5.41) is 0. The van der Waals surface area contributed by atoms with Crippen molar-refractivity contribution in [2.75, 3.05) is 13.6 Å². The van der Waals surface area contributed by atoms with Gasteiger partial charge in [-0.15, -0.1) is 0 Å². The standard InChI is InChI=1S/C9H14N4O/c1-7(13(2)9(14)5-10)8-6-11-3-4-12-8/h3-4,6-7H,5,10H2,1-2H3/t7-/m0/s1. The fourth-order valence-electron chi connectivity index (χ4n) is 1.08. The zero-order chi connectivity index (χ0) is 10.6. The Balaban J connectivity index is 2.75. The van der Waals surface area contributed by atoms with Gasteiger partial charge in [-0.05, 0) is 6.92 Å². The van der Waals surface area contributed by atoms with Crippen molar-refractivity contribution in [2.24, 2.45) is 5.73 Å². The molecule has 0 spiro atoms. The molecule has 0 saturated heterocycles. The first kappa shape index (κ1) is 10.6. The van der Waals surface area contributed by atoms with Crippen LogP contribution in [0.1, 0.15) is 18.7 Å². The monoisotopic (exact) mass is 194 g/mol. The highest BCUT2D eigenvalue weighted by Gasteiger charge is 2.16. The zero-order valence-electron chi connectivity index (χ0n) is 8.34. The Morgan fingerprint density at radius 1 is 1.64 bits per heavy atom. The van der Waals surface area contributed by atoms with Crippen molar-refractivity contribution >= 4 is 5.91 Å². The van der Waals surface area contributed by atoms with Crippen LogP contribution in [0.15, 0.2) is 18.6 Å². The van der Waals surface area contributed by atoms with Gasteiger partial charge in [0.05, 0.1) is 24.5 Å². The minimum absolute atomic E-state index is 0.0150. The summed E-state index contributed by atoms with van der Waals surface area (Å²) < 4.78 is 0. The lowest BCUT2D eigenvalue weighted by atomic mass is 10.2. The molecular formula is C9H14N4O. The van der Waals surface area contributed by atoms with Crippen LogP contribution in [0.5, 0.6) is 0 Å². The number of hydrogen-bond donors (Lipinski definition) is 1. The zero-order valence-corrected chi connectivity index (χ0v) is 8.34. The van der Waals surface area contributed by atoms with E-state index in [4.69, 9.17) is 5.73 Å². The van der Waals surface area contributed by atoms with Gasteiger partial charge in [0, 0.05) is 19.4 Å². The van der Waals surface area contributed by atoms with Crippen molar-refractivity contribution in [1.82, 2.24) is 14.9 Å². The van der Waals surface area contributed by atoms with Crippen LogP contribution in [0.4, 0.5) is 0 Å². The smallest absolute Gasteiger partial charge is 0.236 e. The minimum atomic E-state index is -0.108. The molecule has 0 aliphatic rings. The second kappa shape index (κ2) is 4.66. The average molecular weight is 194 g/mol. The summed E-state index contributed by atoms with van der Waals surface area (Å²) in [6.45, 7) is 1.90. The van der Waals surface area contributed by atoms with Crippen molar-refractivity contribution in [3.63, 3.8) is 0 Å². The van der Waals surface area contributed by atoms with E-state index in [0.717, 1.165) is 5.69 Å². The van der Waals surface area contributed by atoms with E-state index >= 15 is 0 Å². The van der Waals surface area contributed by atoms with Gasteiger partial charge in [0.15, 0.2) is 0 Å². The molecule has 1 atom stereocenters. The molecule has 0 saturated carbocycles. The van der Waals surface area contributed by atoms with Crippen molar-refractivity contribution < 1.29 is 4.79 Å². The molecule has 0 bridgehead atoms. The number of rotatable bonds is 3. The largest absolute Gasteiger partial charge is 0.336 e. The Bertz CT molecular complexity index is 301. The van der Waals surface area contributed by atoms with Crippen LogP contribution >= 0.6 is 0 Å². The third-order valence-corrected chi connectivity index (χ3v) is 2.16. The van der Waals surface area contributed by atoms with Gasteiger partial charge >= 0.3 is 0 Å². The van der Waals surface area contributed by atoms with Gasteiger partial charge in [-0.1, -0.05) is 0 Å². The van der Waals surface area contributed by atoms with Gasteiger partial charge in [-0.2, -0.15) is 0 Å².